The molecule has 2 aromatic heterocycles. The summed E-state index contributed by atoms with van der Waals surface area (Å²) in [5, 5.41) is 1.20. The van der Waals surface area contributed by atoms with E-state index in [2.05, 4.69) is 20.9 Å². The molecule has 0 radical (unpaired) electrons. The number of halogens is 2. The highest BCUT2D eigenvalue weighted by Gasteiger charge is 2.29. The van der Waals surface area contributed by atoms with Gasteiger partial charge in [-0.1, -0.05) is 29.3 Å². The fourth-order valence-electron chi connectivity index (χ4n) is 2.63. The maximum Gasteiger partial charge on any atom is 0.0838 e. The summed E-state index contributed by atoms with van der Waals surface area (Å²) in [7, 11) is 0. The van der Waals surface area contributed by atoms with Gasteiger partial charge < -0.3 is 4.90 Å². The van der Waals surface area contributed by atoms with Crippen LogP contribution in [0.1, 0.15) is 24.4 Å². The van der Waals surface area contributed by atoms with Crippen molar-refractivity contribution in [2.45, 2.75) is 18.9 Å². The molecule has 3 heterocycles. The minimum atomic E-state index is 0.283. The molecule has 0 amide bonds. The fraction of sp³-hybridized carbons (Fsp3) is 0.286. The van der Waals surface area contributed by atoms with E-state index >= 15 is 0 Å². The average Bonchev–Trinajstić information content (AvgIpc) is 2.89. The van der Waals surface area contributed by atoms with Crippen LogP contribution in [-0.4, -0.2) is 16.5 Å². The lowest BCUT2D eigenvalue weighted by Gasteiger charge is -2.28. The maximum absolute atomic E-state index is 6.26. The third-order valence-electron chi connectivity index (χ3n) is 3.44. The van der Waals surface area contributed by atoms with Crippen molar-refractivity contribution in [2.75, 3.05) is 11.4 Å². The molecule has 3 rings (SSSR count). The van der Waals surface area contributed by atoms with Crippen LogP contribution >= 0.6 is 23.2 Å². The fourth-order valence-corrected chi connectivity index (χ4v) is 3.21. The predicted molar refractivity (Wildman–Crippen MR) is 77.8 cm³/mol. The van der Waals surface area contributed by atoms with E-state index < -0.39 is 0 Å². The Kier molecular flexibility index (Phi) is 3.58. The quantitative estimate of drug-likeness (QED) is 0.834. The van der Waals surface area contributed by atoms with Crippen molar-refractivity contribution in [3.8, 4) is 0 Å². The Balaban J connectivity index is 2.00. The number of rotatable bonds is 2. The molecule has 19 heavy (non-hydrogen) atoms. The van der Waals surface area contributed by atoms with Gasteiger partial charge in [-0.15, -0.1) is 0 Å². The molecule has 0 aliphatic carbocycles. The molecule has 0 N–H and O–H groups in total. The summed E-state index contributed by atoms with van der Waals surface area (Å²) in [6, 6.07) is 4.34. The van der Waals surface area contributed by atoms with Crippen LogP contribution in [0.4, 0.5) is 5.69 Å². The standard InChI is InChI=1S/C14H13Cl2N3/c15-11-8-18-9-12(16)14(11)19-6-2-4-13(19)10-3-1-5-17-7-10/h1,3,5,7-9,13H,2,4,6H2. The van der Waals surface area contributed by atoms with Crippen molar-refractivity contribution in [3.63, 3.8) is 0 Å². The smallest absolute Gasteiger partial charge is 0.0838 e. The van der Waals surface area contributed by atoms with Gasteiger partial charge in [0.25, 0.3) is 0 Å². The van der Waals surface area contributed by atoms with Crippen molar-refractivity contribution in [2.24, 2.45) is 0 Å². The van der Waals surface area contributed by atoms with E-state index in [1.165, 1.54) is 5.56 Å². The molecule has 98 valence electrons. The van der Waals surface area contributed by atoms with Gasteiger partial charge in [0.15, 0.2) is 0 Å². The molecule has 1 fully saturated rings. The second-order valence-corrected chi connectivity index (χ2v) is 5.40. The van der Waals surface area contributed by atoms with Crippen LogP contribution in [-0.2, 0) is 0 Å². The van der Waals surface area contributed by atoms with Gasteiger partial charge in [0.1, 0.15) is 0 Å². The van der Waals surface area contributed by atoms with Gasteiger partial charge in [-0.3, -0.25) is 9.97 Å². The first-order valence-electron chi connectivity index (χ1n) is 6.23. The van der Waals surface area contributed by atoms with E-state index in [9.17, 15) is 0 Å². The lowest BCUT2D eigenvalue weighted by atomic mass is 10.1. The summed E-state index contributed by atoms with van der Waals surface area (Å²) in [4.78, 5) is 10.5. The second-order valence-electron chi connectivity index (χ2n) is 4.59. The minimum absolute atomic E-state index is 0.283. The normalized spacial score (nSPS) is 18.8. The monoisotopic (exact) mass is 293 g/mol. The van der Waals surface area contributed by atoms with Crippen molar-refractivity contribution in [3.05, 3.63) is 52.5 Å². The highest BCUT2D eigenvalue weighted by Crippen LogP contribution is 2.42. The van der Waals surface area contributed by atoms with Crippen LogP contribution in [0.2, 0.25) is 10.0 Å². The molecular formula is C14H13Cl2N3. The van der Waals surface area contributed by atoms with Crippen LogP contribution in [0.3, 0.4) is 0 Å². The van der Waals surface area contributed by atoms with Gasteiger partial charge in [0.2, 0.25) is 0 Å². The van der Waals surface area contributed by atoms with Gasteiger partial charge >= 0.3 is 0 Å². The number of anilines is 1. The molecule has 3 nitrogen and oxygen atoms in total. The number of aromatic nitrogens is 2. The van der Waals surface area contributed by atoms with E-state index in [1.807, 2.05) is 12.3 Å². The first-order valence-corrected chi connectivity index (χ1v) is 6.98. The van der Waals surface area contributed by atoms with E-state index in [1.54, 1.807) is 18.6 Å². The van der Waals surface area contributed by atoms with Crippen LogP contribution in [0, 0.1) is 0 Å². The van der Waals surface area contributed by atoms with Crippen molar-refractivity contribution in [1.82, 2.24) is 9.97 Å². The van der Waals surface area contributed by atoms with Crippen LogP contribution in [0.15, 0.2) is 36.9 Å². The summed E-state index contributed by atoms with van der Waals surface area (Å²) in [6.45, 7) is 0.947. The zero-order chi connectivity index (χ0) is 13.2. The first-order chi connectivity index (χ1) is 9.27. The Labute approximate surface area is 122 Å². The Morgan fingerprint density at radius 2 is 1.89 bits per heavy atom. The molecule has 0 spiro atoms. The van der Waals surface area contributed by atoms with Crippen molar-refractivity contribution >= 4 is 28.9 Å². The molecule has 1 unspecified atom stereocenters. The van der Waals surface area contributed by atoms with E-state index in [0.29, 0.717) is 10.0 Å². The van der Waals surface area contributed by atoms with E-state index in [4.69, 9.17) is 23.2 Å². The zero-order valence-corrected chi connectivity index (χ0v) is 11.8. The lowest BCUT2D eigenvalue weighted by Crippen LogP contribution is -2.23. The van der Waals surface area contributed by atoms with Crippen molar-refractivity contribution in [1.29, 1.82) is 0 Å². The lowest BCUT2D eigenvalue weighted by molar-refractivity contribution is 0.715. The SMILES string of the molecule is Clc1cncc(Cl)c1N1CCCC1c1cccnc1. The summed E-state index contributed by atoms with van der Waals surface area (Å²) in [5.74, 6) is 0. The molecule has 1 aliphatic heterocycles. The van der Waals surface area contributed by atoms with Crippen molar-refractivity contribution < 1.29 is 0 Å². The maximum atomic E-state index is 6.26. The van der Waals surface area contributed by atoms with Gasteiger partial charge in [-0.2, -0.15) is 0 Å². The van der Waals surface area contributed by atoms with Crippen LogP contribution < -0.4 is 4.90 Å². The number of nitrogens with zero attached hydrogens (tertiary/aromatic N) is 3. The Morgan fingerprint density at radius 3 is 2.58 bits per heavy atom. The Morgan fingerprint density at radius 1 is 1.11 bits per heavy atom. The first kappa shape index (κ1) is 12.7. The molecule has 1 aliphatic rings. The molecule has 2 aromatic rings. The van der Waals surface area contributed by atoms with Gasteiger partial charge in [0.05, 0.1) is 21.8 Å². The largest absolute Gasteiger partial charge is 0.362 e. The Bertz CT molecular complexity index is 554. The molecule has 1 saturated heterocycles. The highest BCUT2D eigenvalue weighted by molar-refractivity contribution is 6.38. The van der Waals surface area contributed by atoms with Gasteiger partial charge in [-0.25, -0.2) is 0 Å². The molecule has 1 atom stereocenters. The summed E-state index contributed by atoms with van der Waals surface area (Å²) >= 11 is 12.5. The molecule has 5 heteroatoms. The van der Waals surface area contributed by atoms with Gasteiger partial charge in [-0.05, 0) is 24.5 Å². The number of hydrogen-bond acceptors (Lipinski definition) is 3. The van der Waals surface area contributed by atoms with E-state index in [-0.39, 0.29) is 6.04 Å². The summed E-state index contributed by atoms with van der Waals surface area (Å²) < 4.78 is 0. The topological polar surface area (TPSA) is 29.0 Å². The van der Waals surface area contributed by atoms with Gasteiger partial charge in [0, 0.05) is 31.3 Å². The molecule has 0 saturated carbocycles. The minimum Gasteiger partial charge on any atom is -0.362 e. The second kappa shape index (κ2) is 5.35. The third kappa shape index (κ3) is 2.40. The third-order valence-corrected chi connectivity index (χ3v) is 3.99. The average molecular weight is 294 g/mol. The molecular weight excluding hydrogens is 281 g/mol. The highest BCUT2D eigenvalue weighted by atomic mass is 35.5. The predicted octanol–water partition coefficient (Wildman–Crippen LogP) is 4.12. The Hall–Kier alpha value is -1.32. The summed E-state index contributed by atoms with van der Waals surface area (Å²) in [5.41, 5.74) is 2.08. The number of hydrogen-bond donors (Lipinski definition) is 0. The van der Waals surface area contributed by atoms with E-state index in [0.717, 1.165) is 25.1 Å². The van der Waals surface area contributed by atoms with Crippen LogP contribution in [0.25, 0.3) is 0 Å². The summed E-state index contributed by atoms with van der Waals surface area (Å²) in [6.07, 6.45) is 9.18. The molecule has 0 aromatic carbocycles. The zero-order valence-electron chi connectivity index (χ0n) is 10.3. The van der Waals surface area contributed by atoms with Crippen LogP contribution in [0.5, 0.6) is 0 Å². The molecule has 0 bridgehead atoms. The number of pyridine rings is 2.